The molecule has 1 heterocycles. The van der Waals surface area contributed by atoms with Crippen LogP contribution < -0.4 is 0 Å². The molecule has 0 spiro atoms. The van der Waals surface area contributed by atoms with Gasteiger partial charge in [-0.3, -0.25) is 4.79 Å². The van der Waals surface area contributed by atoms with E-state index < -0.39 is 0 Å². The van der Waals surface area contributed by atoms with Gasteiger partial charge in [0.05, 0.1) is 6.33 Å². The van der Waals surface area contributed by atoms with E-state index in [2.05, 4.69) is 17.6 Å². The minimum Gasteiger partial charge on any atom is -0.337 e. The third-order valence-corrected chi connectivity index (χ3v) is 4.03. The van der Waals surface area contributed by atoms with Crippen LogP contribution in [0.15, 0.2) is 67.3 Å². The average molecular weight is 326 g/mol. The lowest BCUT2D eigenvalue weighted by Crippen LogP contribution is -2.13. The zero-order valence-corrected chi connectivity index (χ0v) is 13.2. The molecular weight excluding hydrogens is 311 g/mol. The standard InChI is InChI=1S/C18H15FN2OS/c19-14-7-5-13(6-8-14)17(11-21-10-9-20-12-21)15-3-1-2-4-16(15)18(22)23/h1-10,12,17H,11H2,(H,22,23). The number of carbonyl (C=O) groups excluding carboxylic acids is 1. The predicted octanol–water partition coefficient (Wildman–Crippen LogP) is 3.92. The zero-order chi connectivity index (χ0) is 16.2. The summed E-state index contributed by atoms with van der Waals surface area (Å²) in [7, 11) is 0. The van der Waals surface area contributed by atoms with Gasteiger partial charge in [-0.25, -0.2) is 9.37 Å². The van der Waals surface area contributed by atoms with Gasteiger partial charge in [-0.05, 0) is 23.3 Å². The second kappa shape index (κ2) is 6.79. The van der Waals surface area contributed by atoms with Crippen LogP contribution in [0.1, 0.15) is 27.4 Å². The van der Waals surface area contributed by atoms with Crippen molar-refractivity contribution < 1.29 is 9.18 Å². The van der Waals surface area contributed by atoms with Gasteiger partial charge in [0.1, 0.15) is 5.82 Å². The van der Waals surface area contributed by atoms with Gasteiger partial charge in [-0.15, -0.1) is 12.6 Å². The monoisotopic (exact) mass is 326 g/mol. The van der Waals surface area contributed by atoms with E-state index in [-0.39, 0.29) is 16.9 Å². The maximum absolute atomic E-state index is 13.3. The minimum atomic E-state index is -0.284. The van der Waals surface area contributed by atoms with Crippen molar-refractivity contribution in [2.75, 3.05) is 0 Å². The third-order valence-electron chi connectivity index (χ3n) is 3.79. The van der Waals surface area contributed by atoms with Gasteiger partial charge in [0.15, 0.2) is 0 Å². The summed E-state index contributed by atoms with van der Waals surface area (Å²) in [4.78, 5) is 15.9. The van der Waals surface area contributed by atoms with Crippen molar-refractivity contribution in [1.82, 2.24) is 9.55 Å². The van der Waals surface area contributed by atoms with E-state index in [4.69, 9.17) is 0 Å². The maximum atomic E-state index is 13.3. The van der Waals surface area contributed by atoms with Crippen molar-refractivity contribution in [1.29, 1.82) is 0 Å². The summed E-state index contributed by atoms with van der Waals surface area (Å²) in [6, 6.07) is 13.7. The fraction of sp³-hybridized carbons (Fsp3) is 0.111. The first-order chi connectivity index (χ1) is 11.1. The topological polar surface area (TPSA) is 34.9 Å². The summed E-state index contributed by atoms with van der Waals surface area (Å²) < 4.78 is 15.2. The molecule has 2 aromatic carbocycles. The molecule has 3 nitrogen and oxygen atoms in total. The number of nitrogens with zero attached hydrogens (tertiary/aromatic N) is 2. The zero-order valence-electron chi connectivity index (χ0n) is 12.3. The number of benzene rings is 2. The molecule has 0 N–H and O–H groups in total. The van der Waals surface area contributed by atoms with Crippen molar-refractivity contribution in [3.63, 3.8) is 0 Å². The Morgan fingerprint density at radius 3 is 2.57 bits per heavy atom. The summed E-state index contributed by atoms with van der Waals surface area (Å²) in [5, 5.41) is -0.279. The van der Waals surface area contributed by atoms with E-state index in [1.54, 1.807) is 30.7 Å². The highest BCUT2D eigenvalue weighted by Gasteiger charge is 2.20. The van der Waals surface area contributed by atoms with Gasteiger partial charge < -0.3 is 4.57 Å². The van der Waals surface area contributed by atoms with Gasteiger partial charge >= 0.3 is 0 Å². The minimum absolute atomic E-state index is 0.0999. The summed E-state index contributed by atoms with van der Waals surface area (Å²) in [5.41, 5.74) is 2.36. The molecule has 1 atom stereocenters. The molecule has 3 rings (SSSR count). The first kappa shape index (κ1) is 15.5. The highest BCUT2D eigenvalue weighted by Crippen LogP contribution is 2.30. The Bertz CT molecular complexity index is 800. The van der Waals surface area contributed by atoms with Gasteiger partial charge in [0.2, 0.25) is 5.12 Å². The van der Waals surface area contributed by atoms with Crippen LogP contribution in [0, 0.1) is 5.82 Å². The van der Waals surface area contributed by atoms with E-state index in [1.807, 2.05) is 29.0 Å². The molecule has 3 aromatic rings. The van der Waals surface area contributed by atoms with Crippen molar-refractivity contribution in [2.45, 2.75) is 12.5 Å². The molecule has 0 aliphatic heterocycles. The molecular formula is C18H15FN2OS. The maximum Gasteiger partial charge on any atom is 0.216 e. The molecule has 0 saturated carbocycles. The summed E-state index contributed by atoms with van der Waals surface area (Å²) >= 11 is 3.98. The predicted molar refractivity (Wildman–Crippen MR) is 90.2 cm³/mol. The molecule has 0 fully saturated rings. The Labute approximate surface area is 139 Å². The molecule has 0 bridgehead atoms. The Morgan fingerprint density at radius 2 is 1.91 bits per heavy atom. The number of halogens is 1. The molecule has 1 unspecified atom stereocenters. The second-order valence-corrected chi connectivity index (χ2v) is 5.66. The van der Waals surface area contributed by atoms with E-state index >= 15 is 0 Å². The molecule has 1 aromatic heterocycles. The molecule has 0 aliphatic carbocycles. The van der Waals surface area contributed by atoms with Crippen LogP contribution in [0.5, 0.6) is 0 Å². The molecule has 0 saturated heterocycles. The quantitative estimate of drug-likeness (QED) is 0.721. The van der Waals surface area contributed by atoms with Crippen molar-refractivity contribution in [3.8, 4) is 0 Å². The van der Waals surface area contributed by atoms with E-state index in [1.165, 1.54) is 12.1 Å². The summed E-state index contributed by atoms with van der Waals surface area (Å²) in [6.45, 7) is 0.601. The van der Waals surface area contributed by atoms with E-state index in [0.717, 1.165) is 11.1 Å². The van der Waals surface area contributed by atoms with E-state index in [9.17, 15) is 9.18 Å². The smallest absolute Gasteiger partial charge is 0.216 e. The fourth-order valence-electron chi connectivity index (χ4n) is 2.68. The third kappa shape index (κ3) is 3.51. The molecule has 0 aliphatic rings. The molecule has 0 amide bonds. The van der Waals surface area contributed by atoms with Gasteiger partial charge in [-0.1, -0.05) is 36.4 Å². The van der Waals surface area contributed by atoms with Crippen LogP contribution in [0.25, 0.3) is 0 Å². The largest absolute Gasteiger partial charge is 0.337 e. The second-order valence-electron chi connectivity index (χ2n) is 5.26. The van der Waals surface area contributed by atoms with Gasteiger partial charge in [-0.2, -0.15) is 0 Å². The lowest BCUT2D eigenvalue weighted by atomic mass is 9.88. The Hall–Kier alpha value is -2.40. The highest BCUT2D eigenvalue weighted by molar-refractivity contribution is 7.97. The number of hydrogen-bond acceptors (Lipinski definition) is 2. The van der Waals surface area contributed by atoms with Gasteiger partial charge in [0.25, 0.3) is 0 Å². The van der Waals surface area contributed by atoms with Crippen LogP contribution in [0.2, 0.25) is 0 Å². The summed E-state index contributed by atoms with van der Waals surface area (Å²) in [6.07, 6.45) is 5.29. The highest BCUT2D eigenvalue weighted by atomic mass is 32.1. The van der Waals surface area contributed by atoms with Crippen LogP contribution in [-0.2, 0) is 6.54 Å². The summed E-state index contributed by atoms with van der Waals surface area (Å²) in [5.74, 6) is -0.384. The van der Waals surface area contributed by atoms with Crippen molar-refractivity contribution in [3.05, 3.63) is 89.8 Å². The molecule has 23 heavy (non-hydrogen) atoms. The van der Waals surface area contributed by atoms with E-state index in [0.29, 0.717) is 12.1 Å². The van der Waals surface area contributed by atoms with Gasteiger partial charge in [0, 0.05) is 30.4 Å². The number of hydrogen-bond donors (Lipinski definition) is 1. The number of imidazole rings is 1. The first-order valence-corrected chi connectivity index (χ1v) is 7.63. The normalized spacial score (nSPS) is 12.1. The fourth-order valence-corrected chi connectivity index (χ4v) is 2.88. The molecule has 5 heteroatoms. The van der Waals surface area contributed by atoms with Crippen LogP contribution in [0.3, 0.4) is 0 Å². The Kier molecular flexibility index (Phi) is 4.57. The number of carbonyl (C=O) groups is 1. The Balaban J connectivity index is 2.08. The average Bonchev–Trinajstić information content (AvgIpc) is 3.07. The van der Waals surface area contributed by atoms with Crippen molar-refractivity contribution >= 4 is 17.7 Å². The Morgan fingerprint density at radius 1 is 1.17 bits per heavy atom. The number of aromatic nitrogens is 2. The van der Waals surface area contributed by atoms with Crippen molar-refractivity contribution in [2.24, 2.45) is 0 Å². The van der Waals surface area contributed by atoms with Crippen LogP contribution >= 0.6 is 12.6 Å². The SMILES string of the molecule is O=C(S)c1ccccc1C(Cn1ccnc1)c1ccc(F)cc1. The lowest BCUT2D eigenvalue weighted by Gasteiger charge is -2.21. The molecule has 116 valence electrons. The van der Waals surface area contributed by atoms with Crippen LogP contribution in [-0.4, -0.2) is 14.7 Å². The first-order valence-electron chi connectivity index (χ1n) is 7.18. The molecule has 0 radical (unpaired) electrons. The van der Waals surface area contributed by atoms with Crippen LogP contribution in [0.4, 0.5) is 4.39 Å². The number of thiol groups is 1. The number of rotatable bonds is 5. The lowest BCUT2D eigenvalue weighted by molar-refractivity contribution is 0.109.